The lowest BCUT2D eigenvalue weighted by Gasteiger charge is -2.31. The van der Waals surface area contributed by atoms with Gasteiger partial charge >= 0.3 is 5.97 Å². The first-order valence-electron chi connectivity index (χ1n) is 8.26. The Hall–Kier alpha value is -2.59. The summed E-state index contributed by atoms with van der Waals surface area (Å²) in [5.41, 5.74) is -0.683. The zero-order chi connectivity index (χ0) is 19.6. The molecule has 144 valence electrons. The highest BCUT2D eigenvalue weighted by Crippen LogP contribution is 2.24. The number of hydrogen-bond donors (Lipinski definition) is 1. The van der Waals surface area contributed by atoms with Crippen molar-refractivity contribution >= 4 is 16.0 Å². The number of piperidine rings is 1. The lowest BCUT2D eigenvalue weighted by atomic mass is 10.1. The summed E-state index contributed by atoms with van der Waals surface area (Å²) in [6.45, 7) is 2.08. The number of aromatic carboxylic acids is 1. The summed E-state index contributed by atoms with van der Waals surface area (Å²) in [5, 5.41) is 9.01. The number of halogens is 1. The SMILES string of the molecule is Cc1nccc(OC2CCCN(S(=O)(=O)c3ccc(F)c(C(=O)O)c3)C2)n1. The van der Waals surface area contributed by atoms with E-state index in [9.17, 15) is 17.6 Å². The molecule has 1 aliphatic rings. The number of carboxylic acid groups (broad SMARTS) is 1. The number of sulfonamides is 1. The fourth-order valence-corrected chi connectivity index (χ4v) is 4.41. The van der Waals surface area contributed by atoms with Gasteiger partial charge in [-0.05, 0) is 38.0 Å². The van der Waals surface area contributed by atoms with Gasteiger partial charge < -0.3 is 9.84 Å². The van der Waals surface area contributed by atoms with Crippen LogP contribution in [-0.4, -0.2) is 53.0 Å². The molecule has 10 heteroatoms. The summed E-state index contributed by atoms with van der Waals surface area (Å²) in [6.07, 6.45) is 2.38. The average molecular weight is 395 g/mol. The smallest absolute Gasteiger partial charge is 0.338 e. The molecule has 0 spiro atoms. The Bertz CT molecular complexity index is 967. The van der Waals surface area contributed by atoms with Gasteiger partial charge in [0.15, 0.2) is 0 Å². The van der Waals surface area contributed by atoms with Gasteiger partial charge in [-0.3, -0.25) is 0 Å². The van der Waals surface area contributed by atoms with Crippen LogP contribution < -0.4 is 4.74 Å². The molecule has 1 fully saturated rings. The molecule has 0 radical (unpaired) electrons. The molecular weight excluding hydrogens is 377 g/mol. The first kappa shape index (κ1) is 19.2. The molecule has 0 amide bonds. The van der Waals surface area contributed by atoms with Crippen LogP contribution in [0, 0.1) is 12.7 Å². The van der Waals surface area contributed by atoms with E-state index in [0.29, 0.717) is 24.5 Å². The zero-order valence-corrected chi connectivity index (χ0v) is 15.3. The summed E-state index contributed by atoms with van der Waals surface area (Å²) >= 11 is 0. The largest absolute Gasteiger partial charge is 0.478 e. The molecule has 3 rings (SSSR count). The number of carboxylic acids is 1. The summed E-state index contributed by atoms with van der Waals surface area (Å²) in [7, 11) is -3.98. The van der Waals surface area contributed by atoms with Crippen molar-refractivity contribution in [2.45, 2.75) is 30.8 Å². The second-order valence-electron chi connectivity index (χ2n) is 6.13. The minimum absolute atomic E-state index is 0.0885. The van der Waals surface area contributed by atoms with Crippen molar-refractivity contribution in [1.82, 2.24) is 14.3 Å². The third kappa shape index (κ3) is 4.22. The molecule has 1 saturated heterocycles. The predicted molar refractivity (Wildman–Crippen MR) is 92.5 cm³/mol. The number of aryl methyl sites for hydroxylation is 1. The van der Waals surface area contributed by atoms with Crippen molar-refractivity contribution in [3.05, 3.63) is 47.7 Å². The van der Waals surface area contributed by atoms with Crippen molar-refractivity contribution in [1.29, 1.82) is 0 Å². The van der Waals surface area contributed by atoms with E-state index >= 15 is 0 Å². The van der Waals surface area contributed by atoms with E-state index in [0.717, 1.165) is 18.2 Å². The van der Waals surface area contributed by atoms with Gasteiger partial charge in [0.25, 0.3) is 0 Å². The Morgan fingerprint density at radius 2 is 2.15 bits per heavy atom. The fraction of sp³-hybridized carbons (Fsp3) is 0.353. The van der Waals surface area contributed by atoms with Gasteiger partial charge in [0.1, 0.15) is 17.7 Å². The minimum atomic E-state index is -3.98. The van der Waals surface area contributed by atoms with Gasteiger partial charge in [-0.25, -0.2) is 22.6 Å². The van der Waals surface area contributed by atoms with Gasteiger partial charge in [0.05, 0.1) is 17.0 Å². The van der Waals surface area contributed by atoms with E-state index in [1.54, 1.807) is 19.2 Å². The van der Waals surface area contributed by atoms with Crippen molar-refractivity contribution in [3.8, 4) is 5.88 Å². The van der Waals surface area contributed by atoms with Crippen molar-refractivity contribution in [2.24, 2.45) is 0 Å². The lowest BCUT2D eigenvalue weighted by molar-refractivity contribution is 0.0691. The number of nitrogens with zero attached hydrogens (tertiary/aromatic N) is 3. The molecule has 1 aromatic heterocycles. The summed E-state index contributed by atoms with van der Waals surface area (Å²) < 4.78 is 46.3. The average Bonchev–Trinajstić information content (AvgIpc) is 2.62. The molecule has 8 nitrogen and oxygen atoms in total. The van der Waals surface area contributed by atoms with Gasteiger partial charge in [0.2, 0.25) is 15.9 Å². The fourth-order valence-electron chi connectivity index (χ4n) is 2.87. The number of benzene rings is 1. The summed E-state index contributed by atoms with van der Waals surface area (Å²) in [4.78, 5) is 18.9. The molecule has 27 heavy (non-hydrogen) atoms. The van der Waals surface area contributed by atoms with Crippen LogP contribution >= 0.6 is 0 Å². The van der Waals surface area contributed by atoms with Crippen LogP contribution in [0.5, 0.6) is 5.88 Å². The predicted octanol–water partition coefficient (Wildman–Crippen LogP) is 1.85. The van der Waals surface area contributed by atoms with Crippen LogP contribution in [0.4, 0.5) is 4.39 Å². The van der Waals surface area contributed by atoms with E-state index in [2.05, 4.69) is 9.97 Å². The first-order valence-corrected chi connectivity index (χ1v) is 9.70. The van der Waals surface area contributed by atoms with Crippen LogP contribution in [-0.2, 0) is 10.0 Å². The van der Waals surface area contributed by atoms with Crippen LogP contribution in [0.2, 0.25) is 0 Å². The number of aromatic nitrogens is 2. The Balaban J connectivity index is 1.80. The highest BCUT2D eigenvalue weighted by atomic mass is 32.2. The maximum Gasteiger partial charge on any atom is 0.338 e. The molecule has 1 N–H and O–H groups in total. The van der Waals surface area contributed by atoms with Gasteiger partial charge in [-0.1, -0.05) is 0 Å². The number of hydrogen-bond acceptors (Lipinski definition) is 6. The summed E-state index contributed by atoms with van der Waals surface area (Å²) in [6, 6.07) is 4.35. The topological polar surface area (TPSA) is 110 Å². The second-order valence-corrected chi connectivity index (χ2v) is 8.07. The molecule has 2 heterocycles. The first-order chi connectivity index (χ1) is 12.8. The molecule has 1 aliphatic heterocycles. The Kier molecular flexibility index (Phi) is 5.38. The van der Waals surface area contributed by atoms with Crippen molar-refractivity contribution < 1.29 is 27.4 Å². The molecule has 1 atom stereocenters. The van der Waals surface area contributed by atoms with E-state index in [-0.39, 0.29) is 18.0 Å². The lowest BCUT2D eigenvalue weighted by Crippen LogP contribution is -2.44. The Morgan fingerprint density at radius 3 is 2.85 bits per heavy atom. The van der Waals surface area contributed by atoms with E-state index in [1.165, 1.54) is 4.31 Å². The maximum absolute atomic E-state index is 13.6. The van der Waals surface area contributed by atoms with E-state index in [4.69, 9.17) is 9.84 Å². The van der Waals surface area contributed by atoms with Crippen molar-refractivity contribution in [3.63, 3.8) is 0 Å². The maximum atomic E-state index is 13.6. The number of ether oxygens (including phenoxy) is 1. The second kappa shape index (κ2) is 7.57. The normalized spacial score (nSPS) is 18.2. The van der Waals surface area contributed by atoms with Gasteiger partial charge in [-0.15, -0.1) is 0 Å². The monoisotopic (exact) mass is 395 g/mol. The molecule has 0 bridgehead atoms. The molecule has 0 saturated carbocycles. The quantitative estimate of drug-likeness (QED) is 0.823. The third-order valence-electron chi connectivity index (χ3n) is 4.18. The number of rotatable bonds is 5. The molecule has 2 aromatic rings. The molecule has 0 aliphatic carbocycles. The third-order valence-corrected chi connectivity index (χ3v) is 6.05. The molecular formula is C17H18FN3O5S. The van der Waals surface area contributed by atoms with Gasteiger partial charge in [-0.2, -0.15) is 9.29 Å². The van der Waals surface area contributed by atoms with E-state index < -0.39 is 33.5 Å². The Labute approximate surface area is 155 Å². The van der Waals surface area contributed by atoms with Crippen LogP contribution in [0.1, 0.15) is 29.0 Å². The van der Waals surface area contributed by atoms with Crippen molar-refractivity contribution in [2.75, 3.05) is 13.1 Å². The van der Waals surface area contributed by atoms with Crippen LogP contribution in [0.15, 0.2) is 35.4 Å². The molecule has 1 aromatic carbocycles. The standard InChI is InChI=1S/C17H18FN3O5S/c1-11-19-7-6-16(20-11)26-12-3-2-8-21(10-12)27(24,25)13-4-5-15(18)14(9-13)17(22)23/h4-7,9,12H,2-3,8,10H2,1H3,(H,22,23). The number of carbonyl (C=O) groups is 1. The molecule has 1 unspecified atom stereocenters. The van der Waals surface area contributed by atoms with E-state index in [1.807, 2.05) is 0 Å². The van der Waals surface area contributed by atoms with Gasteiger partial charge in [0, 0.05) is 18.8 Å². The van der Waals surface area contributed by atoms with Crippen LogP contribution in [0.3, 0.4) is 0 Å². The highest BCUT2D eigenvalue weighted by molar-refractivity contribution is 7.89. The minimum Gasteiger partial charge on any atom is -0.478 e. The summed E-state index contributed by atoms with van der Waals surface area (Å²) in [5.74, 6) is -1.61. The van der Waals surface area contributed by atoms with Crippen LogP contribution in [0.25, 0.3) is 0 Å². The Morgan fingerprint density at radius 1 is 1.37 bits per heavy atom. The highest BCUT2D eigenvalue weighted by Gasteiger charge is 2.32. The zero-order valence-electron chi connectivity index (χ0n) is 14.5.